The molecule has 0 radical (unpaired) electrons. The number of anilines is 3. The van der Waals surface area contributed by atoms with Crippen LogP contribution in [0.1, 0.15) is 45.7 Å². The highest BCUT2D eigenvalue weighted by molar-refractivity contribution is 6.44. The molecule has 0 saturated heterocycles. The third-order valence-electron chi connectivity index (χ3n) is 5.39. The molecule has 4 aromatic rings. The van der Waals surface area contributed by atoms with Crippen molar-refractivity contribution in [1.82, 2.24) is 0 Å². The Balaban J connectivity index is 0.000000391. The standard InChI is InChI=1S/C21H18Cl2N4O.C8H7ClO.C2H6/c1-25-15-9-10-18(24)19(11-15)26-12-13-5-7-14(8-6-13)27-21(28)16-3-2-4-17(22)20(16)23;1-6-3-2-4-7(5-10)8(6)9;1-2/h2-12,25H,24H2,1H3,(H,27,28);2-5H,1H3;1-2H3. The molecular weight excluding hydrogens is 567 g/mol. The highest BCUT2D eigenvalue weighted by Crippen LogP contribution is 2.27. The van der Waals surface area contributed by atoms with Gasteiger partial charge in [-0.05, 0) is 60.5 Å². The molecule has 0 fully saturated rings. The van der Waals surface area contributed by atoms with Crippen molar-refractivity contribution in [2.75, 3.05) is 23.4 Å². The summed E-state index contributed by atoms with van der Waals surface area (Å²) in [7, 11) is 1.84. The molecule has 0 atom stereocenters. The van der Waals surface area contributed by atoms with Crippen LogP contribution in [0.5, 0.6) is 0 Å². The summed E-state index contributed by atoms with van der Waals surface area (Å²) in [5.74, 6) is -0.328. The van der Waals surface area contributed by atoms with Gasteiger partial charge < -0.3 is 16.4 Å². The van der Waals surface area contributed by atoms with Gasteiger partial charge in [0.15, 0.2) is 6.29 Å². The van der Waals surface area contributed by atoms with Crippen molar-refractivity contribution < 1.29 is 9.59 Å². The average molecular weight is 598 g/mol. The molecule has 1 amide bonds. The third kappa shape index (κ3) is 9.12. The number of nitrogen functional groups attached to an aromatic ring is 1. The van der Waals surface area contributed by atoms with E-state index in [1.54, 1.807) is 48.7 Å². The van der Waals surface area contributed by atoms with Crippen LogP contribution in [0.25, 0.3) is 0 Å². The minimum Gasteiger partial charge on any atom is -0.397 e. The number of nitrogens with zero attached hydrogens (tertiary/aromatic N) is 1. The Morgan fingerprint density at radius 2 is 1.52 bits per heavy atom. The van der Waals surface area contributed by atoms with Crippen molar-refractivity contribution in [3.05, 3.63) is 116 Å². The van der Waals surface area contributed by atoms with Crippen LogP contribution >= 0.6 is 34.8 Å². The molecule has 0 unspecified atom stereocenters. The first-order valence-electron chi connectivity index (χ1n) is 12.4. The van der Waals surface area contributed by atoms with Gasteiger partial charge in [-0.2, -0.15) is 0 Å². The lowest BCUT2D eigenvalue weighted by atomic mass is 10.1. The molecular formula is C31H31Cl3N4O2. The van der Waals surface area contributed by atoms with Gasteiger partial charge in [0.2, 0.25) is 0 Å². The number of nitrogens with one attached hydrogen (secondary N) is 2. The second kappa shape index (κ2) is 16.3. The van der Waals surface area contributed by atoms with Gasteiger partial charge in [0.05, 0.1) is 32.0 Å². The molecule has 0 spiro atoms. The van der Waals surface area contributed by atoms with Gasteiger partial charge in [-0.25, -0.2) is 0 Å². The average Bonchev–Trinajstić information content (AvgIpc) is 2.97. The zero-order chi connectivity index (χ0) is 29.7. The van der Waals surface area contributed by atoms with E-state index in [1.807, 2.05) is 64.2 Å². The predicted molar refractivity (Wildman–Crippen MR) is 171 cm³/mol. The quantitative estimate of drug-likeness (QED) is 0.117. The number of rotatable bonds is 6. The van der Waals surface area contributed by atoms with Gasteiger partial charge in [0.1, 0.15) is 0 Å². The number of benzene rings is 4. The van der Waals surface area contributed by atoms with Crippen LogP contribution in [0.2, 0.25) is 15.1 Å². The van der Waals surface area contributed by atoms with E-state index in [4.69, 9.17) is 40.5 Å². The van der Waals surface area contributed by atoms with Gasteiger partial charge in [0.25, 0.3) is 5.91 Å². The summed E-state index contributed by atoms with van der Waals surface area (Å²) in [6.45, 7) is 5.87. The molecule has 9 heteroatoms. The third-order valence-corrected chi connectivity index (χ3v) is 6.72. The number of hydrogen-bond acceptors (Lipinski definition) is 5. The molecule has 208 valence electrons. The monoisotopic (exact) mass is 596 g/mol. The van der Waals surface area contributed by atoms with Crippen molar-refractivity contribution in [2.24, 2.45) is 4.99 Å². The first-order valence-corrected chi connectivity index (χ1v) is 13.5. The van der Waals surface area contributed by atoms with Crippen LogP contribution in [-0.2, 0) is 0 Å². The minimum absolute atomic E-state index is 0.229. The fourth-order valence-corrected chi connectivity index (χ4v) is 3.80. The lowest BCUT2D eigenvalue weighted by Gasteiger charge is -2.08. The number of halogens is 3. The Morgan fingerprint density at radius 3 is 2.15 bits per heavy atom. The number of aliphatic imine (C=N–C) groups is 1. The molecule has 0 aliphatic rings. The first kappa shape index (κ1) is 32.4. The van der Waals surface area contributed by atoms with Gasteiger partial charge in [0, 0.05) is 30.2 Å². The number of aldehydes is 1. The summed E-state index contributed by atoms with van der Waals surface area (Å²) in [6.07, 6.45) is 2.47. The van der Waals surface area contributed by atoms with Gasteiger partial charge >= 0.3 is 0 Å². The second-order valence-corrected chi connectivity index (χ2v) is 9.22. The molecule has 4 aromatic carbocycles. The summed E-state index contributed by atoms with van der Waals surface area (Å²) in [4.78, 5) is 27.1. The maximum Gasteiger partial charge on any atom is 0.257 e. The Kier molecular flexibility index (Phi) is 13.2. The first-order chi connectivity index (χ1) is 19.2. The smallest absolute Gasteiger partial charge is 0.257 e. The van der Waals surface area contributed by atoms with Crippen LogP contribution < -0.4 is 16.4 Å². The van der Waals surface area contributed by atoms with E-state index in [0.717, 1.165) is 23.1 Å². The number of hydrogen-bond donors (Lipinski definition) is 3. The summed E-state index contributed by atoms with van der Waals surface area (Å²) >= 11 is 17.8. The second-order valence-electron chi connectivity index (χ2n) is 8.06. The van der Waals surface area contributed by atoms with Crippen LogP contribution in [0.3, 0.4) is 0 Å². The molecule has 4 N–H and O–H groups in total. The fraction of sp³-hybridized carbons (Fsp3) is 0.129. The maximum absolute atomic E-state index is 12.4. The molecule has 6 nitrogen and oxygen atoms in total. The SMILES string of the molecule is CC.CNc1ccc(N)c(N=Cc2ccc(NC(=O)c3cccc(Cl)c3Cl)cc2)c1.Cc1cccc(C=O)c1Cl. The highest BCUT2D eigenvalue weighted by atomic mass is 35.5. The van der Waals surface area contributed by atoms with E-state index in [0.29, 0.717) is 38.2 Å². The van der Waals surface area contributed by atoms with Crippen LogP contribution in [0.15, 0.2) is 83.9 Å². The number of carbonyl (C=O) groups excluding carboxylic acids is 2. The van der Waals surface area contributed by atoms with E-state index in [-0.39, 0.29) is 10.9 Å². The zero-order valence-electron chi connectivity index (χ0n) is 22.6. The molecule has 0 saturated carbocycles. The predicted octanol–water partition coefficient (Wildman–Crippen LogP) is 9.11. The van der Waals surface area contributed by atoms with Crippen LogP contribution in [0, 0.1) is 6.92 Å². The van der Waals surface area contributed by atoms with Crippen LogP contribution in [0.4, 0.5) is 22.7 Å². The normalized spacial score (nSPS) is 10.1. The molecule has 0 bridgehead atoms. The number of nitrogens with two attached hydrogens (primary N) is 1. The van der Waals surface area contributed by atoms with E-state index < -0.39 is 0 Å². The summed E-state index contributed by atoms with van der Waals surface area (Å²) in [5.41, 5.74) is 11.5. The topological polar surface area (TPSA) is 96.6 Å². The number of carbonyl (C=O) groups is 2. The largest absolute Gasteiger partial charge is 0.397 e. The molecule has 40 heavy (non-hydrogen) atoms. The van der Waals surface area contributed by atoms with Crippen LogP contribution in [-0.4, -0.2) is 25.5 Å². The number of amides is 1. The van der Waals surface area contributed by atoms with E-state index >= 15 is 0 Å². The van der Waals surface area contributed by atoms with Crippen molar-refractivity contribution in [3.63, 3.8) is 0 Å². The molecule has 0 aliphatic heterocycles. The van der Waals surface area contributed by atoms with Crippen molar-refractivity contribution in [1.29, 1.82) is 0 Å². The summed E-state index contributed by atoms with van der Waals surface area (Å²) < 4.78 is 0. The molecule has 0 aliphatic carbocycles. The van der Waals surface area contributed by atoms with Gasteiger partial charge in [-0.1, -0.05) is 85.0 Å². The highest BCUT2D eigenvalue weighted by Gasteiger charge is 2.12. The van der Waals surface area contributed by atoms with E-state index in [1.165, 1.54) is 0 Å². The molecule has 4 rings (SSSR count). The maximum atomic E-state index is 12.4. The summed E-state index contributed by atoms with van der Waals surface area (Å²) in [5, 5.41) is 6.97. The zero-order valence-corrected chi connectivity index (χ0v) is 24.9. The van der Waals surface area contributed by atoms with Crippen molar-refractivity contribution >= 4 is 76.0 Å². The Labute approximate surface area is 250 Å². The number of aryl methyl sites for hydroxylation is 1. The van der Waals surface area contributed by atoms with E-state index in [9.17, 15) is 9.59 Å². The summed E-state index contributed by atoms with van der Waals surface area (Å²) in [6, 6.07) is 23.1. The molecule has 0 aromatic heterocycles. The Bertz CT molecular complexity index is 1470. The van der Waals surface area contributed by atoms with Crippen molar-refractivity contribution in [2.45, 2.75) is 20.8 Å². The van der Waals surface area contributed by atoms with Crippen molar-refractivity contribution in [3.8, 4) is 0 Å². The Hall–Kier alpha value is -3.84. The lowest BCUT2D eigenvalue weighted by Crippen LogP contribution is -2.12. The molecule has 0 heterocycles. The minimum atomic E-state index is -0.328. The lowest BCUT2D eigenvalue weighted by molar-refractivity contribution is 0.102. The fourth-order valence-electron chi connectivity index (χ4n) is 3.25. The van der Waals surface area contributed by atoms with Gasteiger partial charge in [-0.15, -0.1) is 0 Å². The van der Waals surface area contributed by atoms with E-state index in [2.05, 4.69) is 15.6 Å². The van der Waals surface area contributed by atoms with Gasteiger partial charge in [-0.3, -0.25) is 14.6 Å². The Morgan fingerprint density at radius 1 is 0.875 bits per heavy atom.